The van der Waals surface area contributed by atoms with Crippen molar-refractivity contribution in [3.8, 4) is 0 Å². The van der Waals surface area contributed by atoms with Crippen LogP contribution in [-0.4, -0.2) is 29.3 Å². The molecule has 2 N–H and O–H groups in total. The number of nitrogens with zero attached hydrogens (tertiary/aromatic N) is 1. The number of benzene rings is 1. The van der Waals surface area contributed by atoms with Crippen molar-refractivity contribution < 1.29 is 18.8 Å². The topological polar surface area (TPSA) is 78.5 Å². The smallest absolute Gasteiger partial charge is 0.325 e. The fourth-order valence-corrected chi connectivity index (χ4v) is 3.90. The molecule has 28 heavy (non-hydrogen) atoms. The number of hydrogen-bond donors (Lipinski definition) is 2. The minimum atomic E-state index is -1.27. The number of rotatable bonds is 8. The highest BCUT2D eigenvalue weighted by molar-refractivity contribution is 7.09. The van der Waals surface area contributed by atoms with E-state index in [4.69, 9.17) is 0 Å². The number of carbonyl (C=O) groups is 3. The highest BCUT2D eigenvalue weighted by Crippen LogP contribution is 2.34. The summed E-state index contributed by atoms with van der Waals surface area (Å²) in [6, 6.07) is 8.69. The van der Waals surface area contributed by atoms with Crippen molar-refractivity contribution in [1.82, 2.24) is 15.5 Å². The van der Waals surface area contributed by atoms with Gasteiger partial charge in [-0.3, -0.25) is 14.5 Å². The molecule has 0 spiro atoms. The predicted octanol–water partition coefficient (Wildman–Crippen LogP) is 3.14. The Morgan fingerprint density at radius 1 is 1.25 bits per heavy atom. The van der Waals surface area contributed by atoms with Gasteiger partial charge in [0.25, 0.3) is 5.91 Å². The minimum Gasteiger partial charge on any atom is -0.350 e. The molecule has 1 aromatic heterocycles. The van der Waals surface area contributed by atoms with E-state index in [2.05, 4.69) is 10.6 Å². The van der Waals surface area contributed by atoms with E-state index in [9.17, 15) is 18.8 Å². The number of urea groups is 1. The SMILES string of the molecule is CCCCC1(c2ccc(F)cc2)NC(=O)N(CC(=O)NCc2cccs2)C1=O. The fourth-order valence-electron chi connectivity index (χ4n) is 3.25. The molecule has 2 heterocycles. The molecule has 1 unspecified atom stereocenters. The van der Waals surface area contributed by atoms with Gasteiger partial charge in [0.1, 0.15) is 17.9 Å². The van der Waals surface area contributed by atoms with Crippen LogP contribution in [0.2, 0.25) is 0 Å². The van der Waals surface area contributed by atoms with E-state index in [0.29, 0.717) is 24.9 Å². The van der Waals surface area contributed by atoms with Crippen molar-refractivity contribution in [2.75, 3.05) is 6.54 Å². The first-order chi connectivity index (χ1) is 13.5. The molecular formula is C20H22FN3O3S. The summed E-state index contributed by atoms with van der Waals surface area (Å²) in [5, 5.41) is 7.38. The molecule has 1 aromatic carbocycles. The van der Waals surface area contributed by atoms with Gasteiger partial charge < -0.3 is 10.6 Å². The van der Waals surface area contributed by atoms with E-state index in [1.165, 1.54) is 35.6 Å². The second kappa shape index (κ2) is 8.52. The lowest BCUT2D eigenvalue weighted by Gasteiger charge is -2.27. The summed E-state index contributed by atoms with van der Waals surface area (Å²) in [4.78, 5) is 39.9. The molecule has 148 valence electrons. The Bertz CT molecular complexity index is 854. The largest absolute Gasteiger partial charge is 0.350 e. The van der Waals surface area contributed by atoms with Crippen LogP contribution in [0.1, 0.15) is 36.6 Å². The van der Waals surface area contributed by atoms with Crippen molar-refractivity contribution in [2.45, 2.75) is 38.3 Å². The van der Waals surface area contributed by atoms with E-state index in [1.807, 2.05) is 24.4 Å². The molecule has 0 bridgehead atoms. The van der Waals surface area contributed by atoms with Crippen molar-refractivity contribution >= 4 is 29.2 Å². The third-order valence-electron chi connectivity index (χ3n) is 4.76. The molecule has 1 saturated heterocycles. The molecule has 0 radical (unpaired) electrons. The van der Waals surface area contributed by atoms with Gasteiger partial charge in [-0.1, -0.05) is 38.0 Å². The highest BCUT2D eigenvalue weighted by atomic mass is 32.1. The Labute approximate surface area is 166 Å². The van der Waals surface area contributed by atoms with Crippen LogP contribution in [0.4, 0.5) is 9.18 Å². The normalized spacial score (nSPS) is 19.0. The molecule has 1 aliphatic rings. The van der Waals surface area contributed by atoms with Gasteiger partial charge in [0, 0.05) is 4.88 Å². The molecule has 0 saturated carbocycles. The maximum absolute atomic E-state index is 13.3. The summed E-state index contributed by atoms with van der Waals surface area (Å²) in [5.74, 6) is -1.32. The zero-order valence-electron chi connectivity index (χ0n) is 15.5. The van der Waals surface area contributed by atoms with Gasteiger partial charge >= 0.3 is 6.03 Å². The fraction of sp³-hybridized carbons (Fsp3) is 0.350. The quantitative estimate of drug-likeness (QED) is 0.665. The Balaban J connectivity index is 1.76. The summed E-state index contributed by atoms with van der Waals surface area (Å²) in [7, 11) is 0. The van der Waals surface area contributed by atoms with Crippen molar-refractivity contribution in [3.05, 3.63) is 58.0 Å². The van der Waals surface area contributed by atoms with E-state index in [1.54, 1.807) is 0 Å². The molecule has 8 heteroatoms. The standard InChI is InChI=1S/C20H22FN3O3S/c1-2-3-10-20(14-6-8-15(21)9-7-14)18(26)24(19(27)23-20)13-17(25)22-12-16-5-4-11-28-16/h4-9,11H,2-3,10,12-13H2,1H3,(H,22,25)(H,23,27). The van der Waals surface area contributed by atoms with E-state index < -0.39 is 29.2 Å². The van der Waals surface area contributed by atoms with E-state index in [-0.39, 0.29) is 6.54 Å². The third-order valence-corrected chi connectivity index (χ3v) is 5.64. The molecule has 0 aliphatic carbocycles. The first kappa shape index (κ1) is 20.0. The zero-order valence-corrected chi connectivity index (χ0v) is 16.4. The van der Waals surface area contributed by atoms with Crippen molar-refractivity contribution in [2.24, 2.45) is 0 Å². The first-order valence-corrected chi connectivity index (χ1v) is 10.0. The summed E-state index contributed by atoms with van der Waals surface area (Å²) in [5.41, 5.74) is -0.753. The van der Waals surface area contributed by atoms with Gasteiger partial charge in [-0.25, -0.2) is 9.18 Å². The lowest BCUT2D eigenvalue weighted by atomic mass is 9.85. The average Bonchev–Trinajstić information content (AvgIpc) is 3.28. The number of halogens is 1. The second-order valence-corrected chi connectivity index (χ2v) is 7.73. The van der Waals surface area contributed by atoms with Crippen LogP contribution in [0.3, 0.4) is 0 Å². The number of thiophene rings is 1. The van der Waals surface area contributed by atoms with E-state index in [0.717, 1.165) is 16.2 Å². The van der Waals surface area contributed by atoms with Crippen LogP contribution in [0, 0.1) is 5.82 Å². The number of carbonyl (C=O) groups excluding carboxylic acids is 3. The number of unbranched alkanes of at least 4 members (excludes halogenated alkanes) is 1. The number of nitrogens with one attached hydrogen (secondary N) is 2. The second-order valence-electron chi connectivity index (χ2n) is 6.69. The van der Waals surface area contributed by atoms with Crippen molar-refractivity contribution in [1.29, 1.82) is 0 Å². The summed E-state index contributed by atoms with van der Waals surface area (Å²) in [6.45, 7) is 1.97. The van der Waals surface area contributed by atoms with Gasteiger partial charge in [-0.05, 0) is 35.6 Å². The maximum Gasteiger partial charge on any atom is 0.325 e. The minimum absolute atomic E-state index is 0.346. The summed E-state index contributed by atoms with van der Waals surface area (Å²) in [6.07, 6.45) is 1.90. The summed E-state index contributed by atoms with van der Waals surface area (Å²) >= 11 is 1.51. The van der Waals surface area contributed by atoms with Crippen molar-refractivity contribution in [3.63, 3.8) is 0 Å². The molecular weight excluding hydrogens is 381 g/mol. The van der Waals surface area contributed by atoms with Crippen LogP contribution >= 0.6 is 11.3 Å². The number of hydrogen-bond acceptors (Lipinski definition) is 4. The molecule has 1 fully saturated rings. The zero-order chi connectivity index (χ0) is 20.1. The summed E-state index contributed by atoms with van der Waals surface area (Å²) < 4.78 is 13.3. The maximum atomic E-state index is 13.3. The molecule has 2 aromatic rings. The molecule has 3 rings (SSSR count). The molecule has 1 atom stereocenters. The number of amides is 4. The van der Waals surface area contributed by atoms with Crippen LogP contribution in [0.5, 0.6) is 0 Å². The highest BCUT2D eigenvalue weighted by Gasteiger charge is 2.52. The van der Waals surface area contributed by atoms with Gasteiger partial charge in [0.2, 0.25) is 5.91 Å². The molecule has 1 aliphatic heterocycles. The van der Waals surface area contributed by atoms with Gasteiger partial charge in [0.05, 0.1) is 6.54 Å². The first-order valence-electron chi connectivity index (χ1n) is 9.15. The van der Waals surface area contributed by atoms with Gasteiger partial charge in [0.15, 0.2) is 0 Å². The molecule has 4 amide bonds. The average molecular weight is 403 g/mol. The van der Waals surface area contributed by atoms with E-state index >= 15 is 0 Å². The van der Waals surface area contributed by atoms with Crippen LogP contribution < -0.4 is 10.6 Å². The Kier molecular flexibility index (Phi) is 6.08. The van der Waals surface area contributed by atoms with Crippen LogP contribution in [-0.2, 0) is 21.7 Å². The Morgan fingerprint density at radius 3 is 2.64 bits per heavy atom. The Hall–Kier alpha value is -2.74. The van der Waals surface area contributed by atoms with Gasteiger partial charge in [-0.15, -0.1) is 11.3 Å². The lowest BCUT2D eigenvalue weighted by molar-refractivity contribution is -0.135. The lowest BCUT2D eigenvalue weighted by Crippen LogP contribution is -2.45. The monoisotopic (exact) mass is 403 g/mol. The number of imide groups is 1. The van der Waals surface area contributed by atoms with Crippen LogP contribution in [0.15, 0.2) is 41.8 Å². The third kappa shape index (κ3) is 4.06. The van der Waals surface area contributed by atoms with Gasteiger partial charge in [-0.2, -0.15) is 0 Å². The van der Waals surface area contributed by atoms with Crippen LogP contribution in [0.25, 0.3) is 0 Å². The predicted molar refractivity (Wildman–Crippen MR) is 104 cm³/mol. The Morgan fingerprint density at radius 2 is 2.00 bits per heavy atom. The molecule has 6 nitrogen and oxygen atoms in total.